The largest absolute Gasteiger partial charge is 0.314 e. The van der Waals surface area contributed by atoms with Crippen LogP contribution in [0.5, 0.6) is 0 Å². The van der Waals surface area contributed by atoms with E-state index in [4.69, 9.17) is 0 Å². The standard InChI is InChI=1S/C14H31N3O2S/c1-12(2)15-10-7-11-17(4)20(18,19)16-14-9-6-5-8-13(14)3/h12-16H,5-11H2,1-4H3. The summed E-state index contributed by atoms with van der Waals surface area (Å²) in [5, 5.41) is 3.30. The van der Waals surface area contributed by atoms with Crippen LogP contribution in [-0.2, 0) is 10.2 Å². The van der Waals surface area contributed by atoms with Crippen LogP contribution in [-0.4, -0.2) is 44.9 Å². The first-order valence-electron chi connectivity index (χ1n) is 7.80. The van der Waals surface area contributed by atoms with E-state index in [0.29, 0.717) is 18.5 Å². The molecule has 1 saturated carbocycles. The molecule has 0 spiro atoms. The van der Waals surface area contributed by atoms with Gasteiger partial charge in [-0.1, -0.05) is 33.6 Å². The normalized spacial score (nSPS) is 24.5. The molecule has 2 N–H and O–H groups in total. The van der Waals surface area contributed by atoms with Gasteiger partial charge in [-0.05, 0) is 31.7 Å². The van der Waals surface area contributed by atoms with Crippen LogP contribution < -0.4 is 10.0 Å². The van der Waals surface area contributed by atoms with Crippen molar-refractivity contribution in [1.82, 2.24) is 14.3 Å². The maximum atomic E-state index is 12.3. The lowest BCUT2D eigenvalue weighted by molar-refractivity contribution is 0.303. The lowest BCUT2D eigenvalue weighted by Gasteiger charge is -2.31. The minimum Gasteiger partial charge on any atom is -0.314 e. The average Bonchev–Trinajstić information content (AvgIpc) is 2.36. The second kappa shape index (κ2) is 8.32. The third-order valence-electron chi connectivity index (χ3n) is 4.02. The zero-order valence-electron chi connectivity index (χ0n) is 13.4. The Morgan fingerprint density at radius 1 is 1.25 bits per heavy atom. The van der Waals surface area contributed by atoms with Crippen molar-refractivity contribution in [3.63, 3.8) is 0 Å². The van der Waals surface area contributed by atoms with Crippen LogP contribution in [0.2, 0.25) is 0 Å². The Morgan fingerprint density at radius 2 is 1.90 bits per heavy atom. The van der Waals surface area contributed by atoms with Gasteiger partial charge in [-0.25, -0.2) is 0 Å². The Kier molecular flexibility index (Phi) is 7.43. The Labute approximate surface area is 124 Å². The molecule has 5 nitrogen and oxygen atoms in total. The summed E-state index contributed by atoms with van der Waals surface area (Å²) in [4.78, 5) is 0. The summed E-state index contributed by atoms with van der Waals surface area (Å²) >= 11 is 0. The van der Waals surface area contributed by atoms with Gasteiger partial charge in [-0.15, -0.1) is 0 Å². The van der Waals surface area contributed by atoms with E-state index in [2.05, 4.69) is 30.8 Å². The van der Waals surface area contributed by atoms with Crippen molar-refractivity contribution < 1.29 is 8.42 Å². The molecule has 0 heterocycles. The first kappa shape index (κ1) is 17.9. The molecule has 6 heteroatoms. The minimum atomic E-state index is -3.34. The molecule has 1 fully saturated rings. The van der Waals surface area contributed by atoms with Crippen molar-refractivity contribution in [2.75, 3.05) is 20.1 Å². The predicted octanol–water partition coefficient (Wildman–Crippen LogP) is 1.72. The molecule has 0 aromatic heterocycles. The van der Waals surface area contributed by atoms with Crippen LogP contribution in [0.4, 0.5) is 0 Å². The Bertz CT molecular complexity index is 371. The zero-order chi connectivity index (χ0) is 15.2. The van der Waals surface area contributed by atoms with Gasteiger partial charge in [0.1, 0.15) is 0 Å². The maximum absolute atomic E-state index is 12.3. The Hall–Kier alpha value is -0.170. The highest BCUT2D eigenvalue weighted by Crippen LogP contribution is 2.24. The second-order valence-corrected chi connectivity index (χ2v) is 8.08. The summed E-state index contributed by atoms with van der Waals surface area (Å²) < 4.78 is 28.8. The van der Waals surface area contributed by atoms with Crippen LogP contribution in [0.1, 0.15) is 52.9 Å². The highest BCUT2D eigenvalue weighted by Gasteiger charge is 2.27. The highest BCUT2D eigenvalue weighted by molar-refractivity contribution is 7.87. The van der Waals surface area contributed by atoms with Crippen LogP contribution in [0.3, 0.4) is 0 Å². The maximum Gasteiger partial charge on any atom is 0.279 e. The summed E-state index contributed by atoms with van der Waals surface area (Å²) in [5.74, 6) is 0.439. The zero-order valence-corrected chi connectivity index (χ0v) is 14.2. The van der Waals surface area contributed by atoms with Crippen LogP contribution in [0.25, 0.3) is 0 Å². The van der Waals surface area contributed by atoms with Crippen LogP contribution >= 0.6 is 0 Å². The first-order valence-corrected chi connectivity index (χ1v) is 9.24. The molecule has 20 heavy (non-hydrogen) atoms. The fourth-order valence-corrected chi connectivity index (χ4v) is 3.87. The van der Waals surface area contributed by atoms with Gasteiger partial charge in [0, 0.05) is 25.7 Å². The average molecular weight is 305 g/mol. The van der Waals surface area contributed by atoms with Gasteiger partial charge >= 0.3 is 0 Å². The molecule has 1 aliphatic carbocycles. The summed E-state index contributed by atoms with van der Waals surface area (Å²) in [5.41, 5.74) is 0. The van der Waals surface area contributed by atoms with Crippen molar-refractivity contribution >= 4 is 10.2 Å². The topological polar surface area (TPSA) is 61.4 Å². The first-order chi connectivity index (χ1) is 9.33. The van der Waals surface area contributed by atoms with E-state index >= 15 is 0 Å². The third kappa shape index (κ3) is 6.08. The summed E-state index contributed by atoms with van der Waals surface area (Å²) in [6, 6.07) is 0.545. The number of nitrogens with zero attached hydrogens (tertiary/aromatic N) is 1. The van der Waals surface area contributed by atoms with E-state index in [0.717, 1.165) is 32.2 Å². The molecule has 0 aliphatic heterocycles. The monoisotopic (exact) mass is 305 g/mol. The molecule has 0 saturated heterocycles. The molecule has 2 unspecified atom stereocenters. The van der Waals surface area contributed by atoms with Crippen molar-refractivity contribution in [3.8, 4) is 0 Å². The lowest BCUT2D eigenvalue weighted by atomic mass is 9.87. The summed E-state index contributed by atoms with van der Waals surface area (Å²) in [7, 11) is -1.68. The molecule has 0 aromatic rings. The molecule has 0 bridgehead atoms. The van der Waals surface area contributed by atoms with Crippen molar-refractivity contribution in [2.24, 2.45) is 5.92 Å². The van der Waals surface area contributed by atoms with Gasteiger partial charge in [-0.3, -0.25) is 0 Å². The van der Waals surface area contributed by atoms with Crippen molar-refractivity contribution in [3.05, 3.63) is 0 Å². The number of rotatable bonds is 8. The molecular weight excluding hydrogens is 274 g/mol. The third-order valence-corrected chi connectivity index (χ3v) is 5.63. The fourth-order valence-electron chi connectivity index (χ4n) is 2.59. The van der Waals surface area contributed by atoms with Crippen LogP contribution in [0.15, 0.2) is 0 Å². The molecule has 1 aliphatic rings. The lowest BCUT2D eigenvalue weighted by Crippen LogP contribution is -2.47. The summed E-state index contributed by atoms with van der Waals surface area (Å²) in [6.45, 7) is 7.71. The molecule has 0 radical (unpaired) electrons. The molecule has 0 amide bonds. The van der Waals surface area contributed by atoms with E-state index in [-0.39, 0.29) is 6.04 Å². The number of hydrogen-bond donors (Lipinski definition) is 2. The van der Waals surface area contributed by atoms with Gasteiger partial charge in [0.15, 0.2) is 0 Å². The van der Waals surface area contributed by atoms with E-state index in [1.54, 1.807) is 7.05 Å². The van der Waals surface area contributed by atoms with Gasteiger partial charge in [0.05, 0.1) is 0 Å². The van der Waals surface area contributed by atoms with E-state index < -0.39 is 10.2 Å². The van der Waals surface area contributed by atoms with E-state index in [1.165, 1.54) is 10.7 Å². The number of nitrogens with one attached hydrogen (secondary N) is 2. The highest BCUT2D eigenvalue weighted by atomic mass is 32.2. The molecule has 2 atom stereocenters. The molecule has 0 aromatic carbocycles. The minimum absolute atomic E-state index is 0.102. The summed E-state index contributed by atoms with van der Waals surface area (Å²) in [6.07, 6.45) is 5.25. The fraction of sp³-hybridized carbons (Fsp3) is 1.00. The predicted molar refractivity (Wildman–Crippen MR) is 83.9 cm³/mol. The van der Waals surface area contributed by atoms with Gasteiger partial charge in [0.2, 0.25) is 0 Å². The second-order valence-electron chi connectivity index (χ2n) is 6.28. The van der Waals surface area contributed by atoms with Gasteiger partial charge in [0.25, 0.3) is 10.2 Å². The van der Waals surface area contributed by atoms with Gasteiger partial charge in [-0.2, -0.15) is 17.4 Å². The van der Waals surface area contributed by atoms with Crippen molar-refractivity contribution in [1.29, 1.82) is 0 Å². The molecular formula is C14H31N3O2S. The van der Waals surface area contributed by atoms with E-state index in [1.807, 2.05) is 0 Å². The Balaban J connectivity index is 2.38. The quantitative estimate of drug-likeness (QED) is 0.671. The Morgan fingerprint density at radius 3 is 2.50 bits per heavy atom. The van der Waals surface area contributed by atoms with Gasteiger partial charge < -0.3 is 5.32 Å². The number of hydrogen-bond acceptors (Lipinski definition) is 3. The molecule has 1 rings (SSSR count). The van der Waals surface area contributed by atoms with Crippen LogP contribution in [0, 0.1) is 5.92 Å². The smallest absolute Gasteiger partial charge is 0.279 e. The van der Waals surface area contributed by atoms with Crippen molar-refractivity contribution in [2.45, 2.75) is 65.0 Å². The SMILES string of the molecule is CC(C)NCCCN(C)S(=O)(=O)NC1CCCCC1C. The van der Waals surface area contributed by atoms with E-state index in [9.17, 15) is 8.42 Å². The molecule has 120 valence electrons.